The number of halogens is 3. The van der Waals surface area contributed by atoms with Crippen molar-refractivity contribution in [2.45, 2.75) is 6.42 Å². The number of benzene rings is 1. The minimum absolute atomic E-state index is 0. The summed E-state index contributed by atoms with van der Waals surface area (Å²) in [5.41, 5.74) is 0.858. The van der Waals surface area contributed by atoms with Crippen LogP contribution in [0, 0.1) is 0 Å². The first-order valence-electron chi connectivity index (χ1n) is 4.98. The molecule has 0 unspecified atom stereocenters. The third-order valence-corrected chi connectivity index (χ3v) is 2.78. The molecule has 0 spiro atoms. The number of carbonyl (C=O) groups excluding carboxylic acids is 1. The predicted molar refractivity (Wildman–Crippen MR) is 74.4 cm³/mol. The fourth-order valence-electron chi connectivity index (χ4n) is 1.22. The molecule has 0 saturated heterocycles. The Bertz CT molecular complexity index is 372. The Balaban J connectivity index is 0.00000256. The van der Waals surface area contributed by atoms with Gasteiger partial charge in [0.2, 0.25) is 5.91 Å². The van der Waals surface area contributed by atoms with Crippen molar-refractivity contribution < 1.29 is 4.79 Å². The molecule has 1 aromatic rings. The Labute approximate surface area is 117 Å². The summed E-state index contributed by atoms with van der Waals surface area (Å²) < 4.78 is 0. The molecule has 96 valence electrons. The lowest BCUT2D eigenvalue weighted by Crippen LogP contribution is -2.31. The highest BCUT2D eigenvalue weighted by atomic mass is 35.5. The summed E-state index contributed by atoms with van der Waals surface area (Å²) in [6.45, 7) is 1.38. The van der Waals surface area contributed by atoms with Crippen molar-refractivity contribution in [2.75, 3.05) is 20.1 Å². The monoisotopic (exact) mass is 296 g/mol. The molecule has 0 bridgehead atoms. The number of nitrogens with one attached hydrogen (secondary N) is 2. The number of hydrogen-bond donors (Lipinski definition) is 2. The molecule has 0 saturated carbocycles. The molecule has 0 aliphatic carbocycles. The van der Waals surface area contributed by atoms with E-state index in [1.165, 1.54) is 0 Å². The number of rotatable bonds is 5. The largest absolute Gasteiger partial charge is 0.355 e. The van der Waals surface area contributed by atoms with Gasteiger partial charge in [-0.2, -0.15) is 0 Å². The second kappa shape index (κ2) is 8.59. The van der Waals surface area contributed by atoms with Crippen LogP contribution in [-0.4, -0.2) is 26.0 Å². The van der Waals surface area contributed by atoms with E-state index in [2.05, 4.69) is 10.6 Å². The Hall–Kier alpha value is -0.480. The number of likely N-dealkylation sites (N-methyl/N-ethyl adjacent to an activating group) is 1. The highest BCUT2D eigenvalue weighted by Gasteiger charge is 2.04. The van der Waals surface area contributed by atoms with Gasteiger partial charge in [-0.3, -0.25) is 4.79 Å². The van der Waals surface area contributed by atoms with Crippen molar-refractivity contribution >= 4 is 41.5 Å². The van der Waals surface area contributed by atoms with Crippen LogP contribution in [0.5, 0.6) is 0 Å². The summed E-state index contributed by atoms with van der Waals surface area (Å²) in [5, 5.41) is 6.71. The van der Waals surface area contributed by atoms with E-state index in [1.807, 2.05) is 7.05 Å². The van der Waals surface area contributed by atoms with Gasteiger partial charge < -0.3 is 10.6 Å². The van der Waals surface area contributed by atoms with Crippen LogP contribution in [0.2, 0.25) is 10.0 Å². The van der Waals surface area contributed by atoms with Gasteiger partial charge in [0.1, 0.15) is 0 Å². The first-order chi connectivity index (χ1) is 7.63. The summed E-state index contributed by atoms with van der Waals surface area (Å²) in [6.07, 6.45) is 0.320. The lowest BCUT2D eigenvalue weighted by Gasteiger charge is -2.05. The molecule has 0 aromatic heterocycles. The normalized spacial score (nSPS) is 9.59. The second-order valence-corrected chi connectivity index (χ2v) is 4.19. The first kappa shape index (κ1) is 16.5. The van der Waals surface area contributed by atoms with Crippen molar-refractivity contribution in [3.8, 4) is 0 Å². The molecule has 1 aromatic carbocycles. The number of amides is 1. The quantitative estimate of drug-likeness (QED) is 0.819. The molecular weight excluding hydrogens is 282 g/mol. The predicted octanol–water partition coefficient (Wildman–Crippen LogP) is 2.29. The van der Waals surface area contributed by atoms with E-state index in [0.29, 0.717) is 23.0 Å². The van der Waals surface area contributed by atoms with Crippen LogP contribution >= 0.6 is 35.6 Å². The molecule has 0 aliphatic rings. The lowest BCUT2D eigenvalue weighted by atomic mass is 10.1. The van der Waals surface area contributed by atoms with E-state index < -0.39 is 0 Å². The maximum atomic E-state index is 11.5. The summed E-state index contributed by atoms with van der Waals surface area (Å²) in [5.74, 6) is -0.0198. The van der Waals surface area contributed by atoms with Crippen molar-refractivity contribution in [1.29, 1.82) is 0 Å². The minimum Gasteiger partial charge on any atom is -0.355 e. The van der Waals surface area contributed by atoms with Crippen LogP contribution in [0.15, 0.2) is 18.2 Å². The van der Waals surface area contributed by atoms with E-state index in [0.717, 1.165) is 12.1 Å². The molecule has 1 rings (SSSR count). The molecule has 2 N–H and O–H groups in total. The summed E-state index contributed by atoms with van der Waals surface area (Å²) in [7, 11) is 1.84. The molecule has 17 heavy (non-hydrogen) atoms. The van der Waals surface area contributed by atoms with Gasteiger partial charge in [-0.15, -0.1) is 12.4 Å². The maximum absolute atomic E-state index is 11.5. The first-order valence-corrected chi connectivity index (χ1v) is 5.74. The van der Waals surface area contributed by atoms with Crippen molar-refractivity contribution in [3.63, 3.8) is 0 Å². The Kier molecular flexibility index (Phi) is 8.35. The van der Waals surface area contributed by atoms with Crippen LogP contribution in [0.3, 0.4) is 0 Å². The fourth-order valence-corrected chi connectivity index (χ4v) is 1.55. The highest BCUT2D eigenvalue weighted by Crippen LogP contribution is 2.22. The van der Waals surface area contributed by atoms with Gasteiger partial charge in [-0.1, -0.05) is 29.3 Å². The molecular formula is C11H15Cl3N2O. The van der Waals surface area contributed by atoms with Crippen molar-refractivity contribution in [2.24, 2.45) is 0 Å². The average molecular weight is 298 g/mol. The lowest BCUT2D eigenvalue weighted by molar-refractivity contribution is -0.120. The summed E-state index contributed by atoms with van der Waals surface area (Å²) >= 11 is 11.6. The van der Waals surface area contributed by atoms with Crippen LogP contribution in [0.1, 0.15) is 5.56 Å². The zero-order valence-corrected chi connectivity index (χ0v) is 11.8. The molecule has 6 heteroatoms. The Morgan fingerprint density at radius 3 is 2.53 bits per heavy atom. The van der Waals surface area contributed by atoms with E-state index in [1.54, 1.807) is 18.2 Å². The smallest absolute Gasteiger partial charge is 0.224 e. The third-order valence-electron chi connectivity index (χ3n) is 2.05. The molecule has 3 nitrogen and oxygen atoms in total. The Morgan fingerprint density at radius 2 is 1.94 bits per heavy atom. The van der Waals surface area contributed by atoms with Gasteiger partial charge >= 0.3 is 0 Å². The van der Waals surface area contributed by atoms with Gasteiger partial charge in [0.05, 0.1) is 16.5 Å². The summed E-state index contributed by atoms with van der Waals surface area (Å²) in [6, 6.07) is 5.20. The average Bonchev–Trinajstić information content (AvgIpc) is 2.24. The molecule has 0 heterocycles. The Morgan fingerprint density at radius 1 is 1.24 bits per heavy atom. The van der Waals surface area contributed by atoms with Crippen LogP contribution in [0.25, 0.3) is 0 Å². The van der Waals surface area contributed by atoms with E-state index >= 15 is 0 Å². The zero-order valence-electron chi connectivity index (χ0n) is 9.43. The second-order valence-electron chi connectivity index (χ2n) is 3.38. The molecule has 0 fully saturated rings. The minimum atomic E-state index is -0.0198. The molecule has 0 aliphatic heterocycles. The third kappa shape index (κ3) is 6.13. The SMILES string of the molecule is CNCCNC(=O)Cc1ccc(Cl)c(Cl)c1.Cl. The zero-order chi connectivity index (χ0) is 12.0. The van der Waals surface area contributed by atoms with Crippen molar-refractivity contribution in [3.05, 3.63) is 33.8 Å². The topological polar surface area (TPSA) is 41.1 Å². The molecule has 0 radical (unpaired) electrons. The van der Waals surface area contributed by atoms with Crippen LogP contribution in [0.4, 0.5) is 0 Å². The summed E-state index contributed by atoms with van der Waals surface area (Å²) in [4.78, 5) is 11.5. The van der Waals surface area contributed by atoms with Gasteiger partial charge in [0.15, 0.2) is 0 Å². The number of carbonyl (C=O) groups is 1. The number of hydrogen-bond acceptors (Lipinski definition) is 2. The molecule has 0 atom stereocenters. The van der Waals surface area contributed by atoms with E-state index in [9.17, 15) is 4.79 Å². The van der Waals surface area contributed by atoms with Crippen molar-refractivity contribution in [1.82, 2.24) is 10.6 Å². The van der Waals surface area contributed by atoms with Gasteiger partial charge in [-0.05, 0) is 24.7 Å². The van der Waals surface area contributed by atoms with E-state index in [-0.39, 0.29) is 18.3 Å². The molecule has 1 amide bonds. The van der Waals surface area contributed by atoms with Gasteiger partial charge in [-0.25, -0.2) is 0 Å². The van der Waals surface area contributed by atoms with Crippen LogP contribution in [-0.2, 0) is 11.2 Å². The fraction of sp³-hybridized carbons (Fsp3) is 0.364. The van der Waals surface area contributed by atoms with E-state index in [4.69, 9.17) is 23.2 Å². The van der Waals surface area contributed by atoms with Gasteiger partial charge in [0.25, 0.3) is 0 Å². The maximum Gasteiger partial charge on any atom is 0.224 e. The van der Waals surface area contributed by atoms with Crippen LogP contribution < -0.4 is 10.6 Å². The standard InChI is InChI=1S/C11H14Cl2N2O.ClH/c1-14-4-5-15-11(16)7-8-2-3-9(12)10(13)6-8;/h2-3,6,14H,4-5,7H2,1H3,(H,15,16);1H. The highest BCUT2D eigenvalue weighted by molar-refractivity contribution is 6.42. The van der Waals surface area contributed by atoms with Gasteiger partial charge in [0, 0.05) is 13.1 Å².